The molecule has 1 aromatic rings. The van der Waals surface area contributed by atoms with Crippen molar-refractivity contribution >= 4 is 18.2 Å². The predicted octanol–water partition coefficient (Wildman–Crippen LogP) is 4.64. The van der Waals surface area contributed by atoms with E-state index in [4.69, 9.17) is 0 Å². The van der Waals surface area contributed by atoms with Gasteiger partial charge in [-0.05, 0) is 75.0 Å². The van der Waals surface area contributed by atoms with E-state index < -0.39 is 0 Å². The van der Waals surface area contributed by atoms with Gasteiger partial charge in [-0.25, -0.2) is 0 Å². The van der Waals surface area contributed by atoms with Gasteiger partial charge in [0.15, 0.2) is 0 Å². The summed E-state index contributed by atoms with van der Waals surface area (Å²) in [7, 11) is 0. The summed E-state index contributed by atoms with van der Waals surface area (Å²) in [5.41, 5.74) is 2.52. The van der Waals surface area contributed by atoms with Crippen LogP contribution in [0.4, 0.5) is 0 Å². The Hall–Kier alpha value is -0.730. The van der Waals surface area contributed by atoms with Crippen LogP contribution in [-0.2, 0) is 0 Å². The highest BCUT2D eigenvalue weighted by atomic mass is 32.1. The summed E-state index contributed by atoms with van der Waals surface area (Å²) in [5.74, 6) is 0. The minimum Gasteiger partial charge on any atom is -0.303 e. The maximum absolute atomic E-state index is 4.31. The first-order valence-corrected chi connectivity index (χ1v) is 7.90. The third-order valence-corrected chi connectivity index (χ3v) is 4.23. The fraction of sp³-hybridized carbons (Fsp3) is 0.529. The Bertz CT molecular complexity index is 390. The van der Waals surface area contributed by atoms with Crippen LogP contribution in [0.5, 0.6) is 0 Å². The number of rotatable bonds is 6. The molecule has 1 heterocycles. The topological polar surface area (TPSA) is 3.24 Å². The van der Waals surface area contributed by atoms with E-state index in [0.717, 1.165) is 11.3 Å². The van der Waals surface area contributed by atoms with Crippen molar-refractivity contribution in [2.45, 2.75) is 43.4 Å². The monoisotopic (exact) mass is 275 g/mol. The molecule has 0 unspecified atom stereocenters. The first kappa shape index (κ1) is 14.7. The molecule has 0 spiro atoms. The molecule has 0 aliphatic carbocycles. The molecule has 1 saturated heterocycles. The molecule has 0 amide bonds. The first-order valence-electron chi connectivity index (χ1n) is 7.45. The number of unbranched alkanes of at least 4 members (excludes halogenated alkanes) is 1. The first-order chi connectivity index (χ1) is 9.25. The number of benzene rings is 1. The second-order valence-electron chi connectivity index (χ2n) is 5.51. The average Bonchev–Trinajstić information content (AvgIpc) is 2.45. The molecule has 104 valence electrons. The molecular weight excluding hydrogens is 250 g/mol. The number of hydrogen-bond acceptors (Lipinski definition) is 2. The minimum atomic E-state index is 1.02. The third-order valence-electron chi connectivity index (χ3n) is 3.93. The van der Waals surface area contributed by atoms with Gasteiger partial charge in [-0.1, -0.05) is 25.1 Å². The number of allylic oxidation sites excluding steroid dienone is 1. The van der Waals surface area contributed by atoms with Crippen LogP contribution >= 0.6 is 12.6 Å². The second kappa shape index (κ2) is 7.76. The zero-order chi connectivity index (χ0) is 13.5. The Kier molecular flexibility index (Phi) is 5.99. The molecule has 2 heteroatoms. The second-order valence-corrected chi connectivity index (χ2v) is 6.03. The lowest BCUT2D eigenvalue weighted by Crippen LogP contribution is -2.30. The minimum absolute atomic E-state index is 1.02. The summed E-state index contributed by atoms with van der Waals surface area (Å²) in [4.78, 5) is 3.63. The van der Waals surface area contributed by atoms with Crippen molar-refractivity contribution in [1.29, 1.82) is 0 Å². The summed E-state index contributed by atoms with van der Waals surface area (Å²) in [5, 5.41) is 0. The van der Waals surface area contributed by atoms with Crippen LogP contribution in [0.15, 0.2) is 35.7 Å². The van der Waals surface area contributed by atoms with Gasteiger partial charge in [0.25, 0.3) is 0 Å². The molecule has 1 nitrogen and oxygen atoms in total. The highest BCUT2D eigenvalue weighted by molar-refractivity contribution is 7.80. The molecule has 2 rings (SSSR count). The summed E-state index contributed by atoms with van der Waals surface area (Å²) >= 11 is 4.31. The summed E-state index contributed by atoms with van der Waals surface area (Å²) in [6.45, 7) is 8.09. The van der Waals surface area contributed by atoms with Crippen LogP contribution in [0.1, 0.15) is 44.1 Å². The van der Waals surface area contributed by atoms with Crippen molar-refractivity contribution in [2.24, 2.45) is 0 Å². The van der Waals surface area contributed by atoms with Gasteiger partial charge < -0.3 is 4.90 Å². The molecule has 0 N–H and O–H groups in total. The van der Waals surface area contributed by atoms with Crippen molar-refractivity contribution in [3.8, 4) is 0 Å². The van der Waals surface area contributed by atoms with Gasteiger partial charge in [0.2, 0.25) is 0 Å². The van der Waals surface area contributed by atoms with Gasteiger partial charge in [-0.3, -0.25) is 0 Å². The van der Waals surface area contributed by atoms with Gasteiger partial charge in [0.1, 0.15) is 0 Å². The zero-order valence-corrected chi connectivity index (χ0v) is 12.7. The number of likely N-dealkylation sites (tertiary alicyclic amines) is 1. The number of piperidine rings is 1. The molecule has 0 aromatic heterocycles. The fourth-order valence-corrected chi connectivity index (χ4v) is 2.85. The van der Waals surface area contributed by atoms with Crippen LogP contribution in [-0.4, -0.2) is 24.5 Å². The van der Waals surface area contributed by atoms with E-state index in [-0.39, 0.29) is 0 Å². The Morgan fingerprint density at radius 1 is 1.05 bits per heavy atom. The molecule has 1 aliphatic heterocycles. The lowest BCUT2D eigenvalue weighted by Gasteiger charge is -2.26. The van der Waals surface area contributed by atoms with E-state index in [1.807, 2.05) is 12.1 Å². The predicted molar refractivity (Wildman–Crippen MR) is 86.9 cm³/mol. The van der Waals surface area contributed by atoms with E-state index in [2.05, 4.69) is 36.2 Å². The molecule has 1 aromatic carbocycles. The van der Waals surface area contributed by atoms with Crippen LogP contribution in [0.2, 0.25) is 0 Å². The van der Waals surface area contributed by atoms with Gasteiger partial charge in [-0.2, -0.15) is 0 Å². The normalized spacial score (nSPS) is 16.5. The van der Waals surface area contributed by atoms with Crippen LogP contribution in [0, 0.1) is 0 Å². The average molecular weight is 275 g/mol. The summed E-state index contributed by atoms with van der Waals surface area (Å²) in [6, 6.07) is 8.32. The largest absolute Gasteiger partial charge is 0.303 e. The fourth-order valence-electron chi connectivity index (χ4n) is 2.70. The van der Waals surface area contributed by atoms with E-state index in [0.29, 0.717) is 0 Å². The van der Waals surface area contributed by atoms with E-state index in [9.17, 15) is 0 Å². The molecule has 19 heavy (non-hydrogen) atoms. The van der Waals surface area contributed by atoms with Crippen molar-refractivity contribution < 1.29 is 0 Å². The number of nitrogens with zero attached hydrogens (tertiary/aromatic N) is 1. The van der Waals surface area contributed by atoms with Crippen molar-refractivity contribution in [1.82, 2.24) is 4.90 Å². The van der Waals surface area contributed by atoms with Crippen LogP contribution < -0.4 is 0 Å². The van der Waals surface area contributed by atoms with Gasteiger partial charge in [0.05, 0.1) is 0 Å². The molecule has 0 radical (unpaired) electrons. The van der Waals surface area contributed by atoms with E-state index in [1.54, 1.807) is 0 Å². The maximum Gasteiger partial charge on any atom is 0.00403 e. The molecule has 1 fully saturated rings. The lowest BCUT2D eigenvalue weighted by molar-refractivity contribution is 0.225. The smallest absolute Gasteiger partial charge is 0.00403 e. The van der Waals surface area contributed by atoms with Crippen LogP contribution in [0.25, 0.3) is 5.57 Å². The van der Waals surface area contributed by atoms with Crippen LogP contribution in [0.3, 0.4) is 0 Å². The lowest BCUT2D eigenvalue weighted by atomic mass is 10.0. The van der Waals surface area contributed by atoms with E-state index >= 15 is 0 Å². The standard InChI is InChI=1S/C17H25NS/c1-15(16-8-10-17(19)11-9-16)7-3-6-14-18-12-4-2-5-13-18/h8-11,19H,1-7,12-14H2. The zero-order valence-electron chi connectivity index (χ0n) is 11.8. The quantitative estimate of drug-likeness (QED) is 0.584. The molecule has 0 atom stereocenters. The number of thiol groups is 1. The molecule has 0 bridgehead atoms. The van der Waals surface area contributed by atoms with Crippen molar-refractivity contribution in [3.05, 3.63) is 36.4 Å². The maximum atomic E-state index is 4.31. The molecular formula is C17H25NS. The third kappa shape index (κ3) is 5.04. The Morgan fingerprint density at radius 2 is 1.74 bits per heavy atom. The summed E-state index contributed by atoms with van der Waals surface area (Å²) < 4.78 is 0. The molecule has 0 saturated carbocycles. The Labute approximate surface area is 123 Å². The number of hydrogen-bond donors (Lipinski definition) is 1. The Balaban J connectivity index is 1.64. The van der Waals surface area contributed by atoms with Crippen molar-refractivity contribution in [2.75, 3.05) is 19.6 Å². The highest BCUT2D eigenvalue weighted by Gasteiger charge is 2.09. The van der Waals surface area contributed by atoms with Gasteiger partial charge >= 0.3 is 0 Å². The van der Waals surface area contributed by atoms with Crippen molar-refractivity contribution in [3.63, 3.8) is 0 Å². The SMILES string of the molecule is C=C(CCCCN1CCCCC1)c1ccc(S)cc1. The van der Waals surface area contributed by atoms with Gasteiger partial charge in [0, 0.05) is 4.90 Å². The molecule has 1 aliphatic rings. The highest BCUT2D eigenvalue weighted by Crippen LogP contribution is 2.20. The van der Waals surface area contributed by atoms with E-state index in [1.165, 1.54) is 62.9 Å². The van der Waals surface area contributed by atoms with Gasteiger partial charge in [-0.15, -0.1) is 12.6 Å². The Morgan fingerprint density at radius 3 is 2.42 bits per heavy atom. The summed E-state index contributed by atoms with van der Waals surface area (Å²) in [6.07, 6.45) is 7.86.